The molecule has 1 aliphatic rings. The van der Waals surface area contributed by atoms with Gasteiger partial charge in [-0.3, -0.25) is 4.79 Å². The minimum atomic E-state index is -3.66. The molecule has 0 amide bonds. The van der Waals surface area contributed by atoms with Gasteiger partial charge in [0.05, 0.1) is 25.7 Å². The van der Waals surface area contributed by atoms with Gasteiger partial charge in [0.15, 0.2) is 0 Å². The van der Waals surface area contributed by atoms with Gasteiger partial charge in [-0.25, -0.2) is 0 Å². The molecular formula is C10H20N2O6S. The highest BCUT2D eigenvalue weighted by Gasteiger charge is 2.31. The van der Waals surface area contributed by atoms with Crippen LogP contribution in [0.25, 0.3) is 0 Å². The molecule has 0 bridgehead atoms. The zero-order chi connectivity index (χ0) is 14.3. The summed E-state index contributed by atoms with van der Waals surface area (Å²) in [6.45, 7) is 0.636. The summed E-state index contributed by atoms with van der Waals surface area (Å²) < 4.78 is 32.2. The molecule has 112 valence electrons. The second kappa shape index (κ2) is 7.75. The summed E-state index contributed by atoms with van der Waals surface area (Å²) in [7, 11) is -3.66. The molecule has 1 atom stereocenters. The van der Waals surface area contributed by atoms with Gasteiger partial charge in [-0.05, 0) is 12.8 Å². The molecule has 1 fully saturated rings. The Morgan fingerprint density at radius 3 is 2.79 bits per heavy atom. The fourth-order valence-corrected chi connectivity index (χ4v) is 3.13. The molecule has 1 aliphatic heterocycles. The fourth-order valence-electron chi connectivity index (χ4n) is 1.86. The lowest BCUT2D eigenvalue weighted by Gasteiger charge is -2.29. The third-order valence-electron chi connectivity index (χ3n) is 2.84. The zero-order valence-corrected chi connectivity index (χ0v) is 11.4. The molecule has 0 aliphatic carbocycles. The number of carboxylic acid groups (broad SMARTS) is 1. The third-order valence-corrected chi connectivity index (χ3v) is 4.42. The van der Waals surface area contributed by atoms with Crippen LogP contribution < -0.4 is 4.72 Å². The molecule has 3 N–H and O–H groups in total. The van der Waals surface area contributed by atoms with Gasteiger partial charge in [0.25, 0.3) is 10.2 Å². The molecule has 9 heteroatoms. The number of carbonyl (C=O) groups is 1. The Balaban J connectivity index is 2.41. The van der Waals surface area contributed by atoms with Gasteiger partial charge >= 0.3 is 5.97 Å². The number of carboxylic acids is 1. The largest absolute Gasteiger partial charge is 0.481 e. The van der Waals surface area contributed by atoms with Crippen molar-refractivity contribution in [2.75, 3.05) is 39.5 Å². The first kappa shape index (κ1) is 16.3. The van der Waals surface area contributed by atoms with Crippen molar-refractivity contribution in [3.8, 4) is 0 Å². The SMILES string of the molecule is O=C(O)C1CCCN(S(=O)(=O)NCCOCCO)C1. The van der Waals surface area contributed by atoms with Crippen molar-refractivity contribution >= 4 is 16.2 Å². The van der Waals surface area contributed by atoms with Gasteiger partial charge in [-0.15, -0.1) is 0 Å². The van der Waals surface area contributed by atoms with Crippen LogP contribution in [-0.4, -0.2) is 68.4 Å². The van der Waals surface area contributed by atoms with E-state index in [1.165, 1.54) is 0 Å². The highest BCUT2D eigenvalue weighted by atomic mass is 32.2. The highest BCUT2D eigenvalue weighted by Crippen LogP contribution is 2.18. The van der Waals surface area contributed by atoms with E-state index in [1.54, 1.807) is 0 Å². The van der Waals surface area contributed by atoms with Gasteiger partial charge in [0, 0.05) is 19.6 Å². The van der Waals surface area contributed by atoms with Crippen molar-refractivity contribution in [2.45, 2.75) is 12.8 Å². The minimum Gasteiger partial charge on any atom is -0.481 e. The van der Waals surface area contributed by atoms with E-state index in [0.717, 1.165) is 4.31 Å². The van der Waals surface area contributed by atoms with Crippen LogP contribution in [0.3, 0.4) is 0 Å². The predicted octanol–water partition coefficient (Wildman–Crippen LogP) is -1.37. The number of hydrogen-bond donors (Lipinski definition) is 3. The maximum atomic E-state index is 11.9. The Morgan fingerprint density at radius 2 is 2.16 bits per heavy atom. The Hall–Kier alpha value is -0.740. The summed E-state index contributed by atoms with van der Waals surface area (Å²) in [5, 5.41) is 17.4. The lowest BCUT2D eigenvalue weighted by Crippen LogP contribution is -2.48. The molecule has 19 heavy (non-hydrogen) atoms. The number of nitrogens with zero attached hydrogens (tertiary/aromatic N) is 1. The van der Waals surface area contributed by atoms with Gasteiger partial charge in [-0.2, -0.15) is 17.4 Å². The van der Waals surface area contributed by atoms with E-state index in [9.17, 15) is 13.2 Å². The molecule has 1 rings (SSSR count). The maximum absolute atomic E-state index is 11.9. The topological polar surface area (TPSA) is 116 Å². The number of aliphatic hydroxyl groups is 1. The molecule has 0 radical (unpaired) electrons. The van der Waals surface area contributed by atoms with Crippen molar-refractivity contribution in [1.29, 1.82) is 0 Å². The number of piperidine rings is 1. The minimum absolute atomic E-state index is 0.00215. The summed E-state index contributed by atoms with van der Waals surface area (Å²) in [6.07, 6.45) is 1.04. The Labute approximate surface area is 112 Å². The van der Waals surface area contributed by atoms with Gasteiger partial charge in [-0.1, -0.05) is 0 Å². The van der Waals surface area contributed by atoms with Gasteiger partial charge in [0.1, 0.15) is 0 Å². The molecule has 1 saturated heterocycles. The Bertz CT molecular complexity index is 385. The first-order valence-electron chi connectivity index (χ1n) is 6.13. The monoisotopic (exact) mass is 296 g/mol. The maximum Gasteiger partial charge on any atom is 0.307 e. The molecule has 0 saturated carbocycles. The van der Waals surface area contributed by atoms with Crippen LogP contribution in [0.4, 0.5) is 0 Å². The number of hydrogen-bond acceptors (Lipinski definition) is 5. The van der Waals surface area contributed by atoms with E-state index in [0.29, 0.717) is 19.4 Å². The zero-order valence-electron chi connectivity index (χ0n) is 10.6. The van der Waals surface area contributed by atoms with Crippen molar-refractivity contribution in [3.05, 3.63) is 0 Å². The van der Waals surface area contributed by atoms with E-state index in [-0.39, 0.29) is 32.9 Å². The standard InChI is InChI=1S/C10H20N2O6S/c13-5-7-18-6-3-11-19(16,17)12-4-1-2-9(8-12)10(14)15/h9,11,13H,1-8H2,(H,14,15). The van der Waals surface area contributed by atoms with Crippen molar-refractivity contribution in [3.63, 3.8) is 0 Å². The predicted molar refractivity (Wildman–Crippen MR) is 66.8 cm³/mol. The second-order valence-corrected chi connectivity index (χ2v) is 6.03. The Morgan fingerprint density at radius 1 is 1.42 bits per heavy atom. The lowest BCUT2D eigenvalue weighted by atomic mass is 10.0. The molecule has 0 spiro atoms. The second-order valence-electron chi connectivity index (χ2n) is 4.27. The quantitative estimate of drug-likeness (QED) is 0.476. The van der Waals surface area contributed by atoms with Crippen molar-refractivity contribution < 1.29 is 28.2 Å². The molecule has 0 aromatic heterocycles. The summed E-state index contributed by atoms with van der Waals surface area (Å²) in [4.78, 5) is 10.9. The summed E-state index contributed by atoms with van der Waals surface area (Å²) in [6, 6.07) is 0. The first-order valence-corrected chi connectivity index (χ1v) is 7.57. The van der Waals surface area contributed by atoms with Crippen LogP contribution in [0.15, 0.2) is 0 Å². The average Bonchev–Trinajstić information content (AvgIpc) is 2.38. The summed E-state index contributed by atoms with van der Waals surface area (Å²) in [5.41, 5.74) is 0. The van der Waals surface area contributed by atoms with Crippen LogP contribution in [0, 0.1) is 5.92 Å². The van der Waals surface area contributed by atoms with Crippen molar-refractivity contribution in [2.24, 2.45) is 5.92 Å². The van der Waals surface area contributed by atoms with Crippen LogP contribution >= 0.6 is 0 Å². The van der Waals surface area contributed by atoms with Crippen LogP contribution in [0.2, 0.25) is 0 Å². The number of nitrogens with one attached hydrogen (secondary N) is 1. The lowest BCUT2D eigenvalue weighted by molar-refractivity contribution is -0.142. The average molecular weight is 296 g/mol. The molecule has 1 heterocycles. The molecular weight excluding hydrogens is 276 g/mol. The van der Waals surface area contributed by atoms with Crippen LogP contribution in [0.1, 0.15) is 12.8 Å². The fraction of sp³-hybridized carbons (Fsp3) is 0.900. The number of aliphatic hydroxyl groups excluding tert-OH is 1. The highest BCUT2D eigenvalue weighted by molar-refractivity contribution is 7.87. The van der Waals surface area contributed by atoms with E-state index >= 15 is 0 Å². The van der Waals surface area contributed by atoms with Gasteiger partial charge in [0.2, 0.25) is 0 Å². The van der Waals surface area contributed by atoms with E-state index < -0.39 is 22.1 Å². The molecule has 8 nitrogen and oxygen atoms in total. The van der Waals surface area contributed by atoms with Crippen LogP contribution in [-0.2, 0) is 19.7 Å². The van der Waals surface area contributed by atoms with E-state index in [2.05, 4.69) is 4.72 Å². The van der Waals surface area contributed by atoms with Gasteiger partial charge < -0.3 is 14.9 Å². The summed E-state index contributed by atoms with van der Waals surface area (Å²) >= 11 is 0. The number of ether oxygens (including phenoxy) is 1. The first-order chi connectivity index (χ1) is 8.97. The number of rotatable bonds is 8. The summed E-state index contributed by atoms with van der Waals surface area (Å²) in [5.74, 6) is -1.61. The molecule has 1 unspecified atom stereocenters. The molecule has 0 aromatic rings. The van der Waals surface area contributed by atoms with Crippen molar-refractivity contribution in [1.82, 2.24) is 9.03 Å². The third kappa shape index (κ3) is 5.41. The smallest absolute Gasteiger partial charge is 0.307 e. The normalized spacial score (nSPS) is 21.4. The van der Waals surface area contributed by atoms with E-state index in [1.807, 2.05) is 0 Å². The number of aliphatic carboxylic acids is 1. The van der Waals surface area contributed by atoms with E-state index in [4.69, 9.17) is 14.9 Å². The molecule has 0 aromatic carbocycles. The Kier molecular flexibility index (Phi) is 6.66. The van der Waals surface area contributed by atoms with Crippen LogP contribution in [0.5, 0.6) is 0 Å².